The first kappa shape index (κ1) is 11.5. The van der Waals surface area contributed by atoms with Gasteiger partial charge in [0.25, 0.3) is 5.91 Å². The second-order valence-corrected chi connectivity index (χ2v) is 5.29. The van der Waals surface area contributed by atoms with Crippen LogP contribution < -0.4 is 5.73 Å². The van der Waals surface area contributed by atoms with Crippen molar-refractivity contribution in [3.63, 3.8) is 0 Å². The van der Waals surface area contributed by atoms with Crippen LogP contribution in [0, 0.1) is 12.8 Å². The van der Waals surface area contributed by atoms with Crippen molar-refractivity contribution in [1.82, 2.24) is 9.88 Å². The number of hydrogen-bond acceptors (Lipinski definition) is 4. The minimum Gasteiger partial charge on any atom is -0.337 e. The van der Waals surface area contributed by atoms with Gasteiger partial charge in [0.15, 0.2) is 0 Å². The zero-order valence-electron chi connectivity index (χ0n) is 9.48. The summed E-state index contributed by atoms with van der Waals surface area (Å²) in [5, 5.41) is 2.78. The summed E-state index contributed by atoms with van der Waals surface area (Å²) >= 11 is 1.52. The summed E-state index contributed by atoms with van der Waals surface area (Å²) in [6.45, 7) is 4.29. The standard InChI is InChI=1S/C11H17N3OS/c1-8-13-10(7-16-8)11(15)14-4-2-9(6-12)3-5-14/h7,9H,2-6,12H2,1H3. The number of likely N-dealkylation sites (tertiary alicyclic amines) is 1. The van der Waals surface area contributed by atoms with Crippen molar-refractivity contribution in [3.05, 3.63) is 16.1 Å². The van der Waals surface area contributed by atoms with E-state index < -0.39 is 0 Å². The fourth-order valence-corrected chi connectivity index (χ4v) is 2.58. The van der Waals surface area contributed by atoms with Crippen LogP contribution in [0.1, 0.15) is 28.3 Å². The van der Waals surface area contributed by atoms with Crippen LogP contribution in [0.25, 0.3) is 0 Å². The zero-order chi connectivity index (χ0) is 11.5. The number of aromatic nitrogens is 1. The molecular weight excluding hydrogens is 222 g/mol. The number of nitrogens with two attached hydrogens (primary N) is 1. The number of carbonyl (C=O) groups excluding carboxylic acids is 1. The van der Waals surface area contributed by atoms with Gasteiger partial charge in [-0.05, 0) is 32.2 Å². The molecule has 0 bridgehead atoms. The van der Waals surface area contributed by atoms with Crippen molar-refractivity contribution in [2.24, 2.45) is 11.7 Å². The van der Waals surface area contributed by atoms with Crippen LogP contribution in [0.5, 0.6) is 0 Å². The topological polar surface area (TPSA) is 59.2 Å². The van der Waals surface area contributed by atoms with Gasteiger partial charge in [-0.25, -0.2) is 4.98 Å². The zero-order valence-corrected chi connectivity index (χ0v) is 10.3. The number of piperidine rings is 1. The molecule has 1 aliphatic heterocycles. The highest BCUT2D eigenvalue weighted by atomic mass is 32.1. The lowest BCUT2D eigenvalue weighted by atomic mass is 9.97. The van der Waals surface area contributed by atoms with Gasteiger partial charge in [-0.1, -0.05) is 0 Å². The monoisotopic (exact) mass is 239 g/mol. The third-order valence-electron chi connectivity index (χ3n) is 3.07. The van der Waals surface area contributed by atoms with Gasteiger partial charge >= 0.3 is 0 Å². The molecule has 1 aliphatic rings. The van der Waals surface area contributed by atoms with E-state index in [1.54, 1.807) is 0 Å². The number of aryl methyl sites for hydroxylation is 1. The average Bonchev–Trinajstić information content (AvgIpc) is 2.75. The third kappa shape index (κ3) is 2.41. The van der Waals surface area contributed by atoms with Crippen LogP contribution in [0.4, 0.5) is 0 Å². The van der Waals surface area contributed by atoms with Gasteiger partial charge in [0.05, 0.1) is 5.01 Å². The van der Waals surface area contributed by atoms with Crippen LogP contribution in [0.3, 0.4) is 0 Å². The van der Waals surface area contributed by atoms with Crippen molar-refractivity contribution < 1.29 is 4.79 Å². The fourth-order valence-electron chi connectivity index (χ4n) is 2.00. The Kier molecular flexibility index (Phi) is 3.56. The van der Waals surface area contributed by atoms with Gasteiger partial charge in [-0.15, -0.1) is 11.3 Å². The first-order valence-corrected chi connectivity index (χ1v) is 6.50. The van der Waals surface area contributed by atoms with Crippen LogP contribution in [-0.2, 0) is 0 Å². The molecule has 5 heteroatoms. The summed E-state index contributed by atoms with van der Waals surface area (Å²) in [5.41, 5.74) is 6.22. The van der Waals surface area contributed by atoms with Crippen molar-refractivity contribution in [3.8, 4) is 0 Å². The Morgan fingerprint density at radius 1 is 1.62 bits per heavy atom. The van der Waals surface area contributed by atoms with Crippen molar-refractivity contribution in [2.75, 3.05) is 19.6 Å². The normalized spacial score (nSPS) is 17.8. The molecule has 1 saturated heterocycles. The molecule has 0 atom stereocenters. The predicted molar refractivity (Wildman–Crippen MR) is 64.5 cm³/mol. The smallest absolute Gasteiger partial charge is 0.273 e. The molecule has 0 saturated carbocycles. The van der Waals surface area contributed by atoms with Gasteiger partial charge in [-0.2, -0.15) is 0 Å². The van der Waals surface area contributed by atoms with Gasteiger partial charge in [0.2, 0.25) is 0 Å². The minimum absolute atomic E-state index is 0.0693. The molecule has 1 aromatic rings. The highest BCUT2D eigenvalue weighted by Gasteiger charge is 2.23. The maximum Gasteiger partial charge on any atom is 0.273 e. The molecule has 2 heterocycles. The SMILES string of the molecule is Cc1nc(C(=O)N2CCC(CN)CC2)cs1. The maximum atomic E-state index is 12.0. The summed E-state index contributed by atoms with van der Waals surface area (Å²) in [5.74, 6) is 0.654. The molecule has 0 aromatic carbocycles. The second-order valence-electron chi connectivity index (χ2n) is 4.22. The molecule has 2 N–H and O–H groups in total. The third-order valence-corrected chi connectivity index (χ3v) is 3.85. The molecule has 1 aromatic heterocycles. The number of rotatable bonds is 2. The van der Waals surface area contributed by atoms with Crippen LogP contribution >= 0.6 is 11.3 Å². The molecule has 0 radical (unpaired) electrons. The van der Waals surface area contributed by atoms with Crippen molar-refractivity contribution in [1.29, 1.82) is 0 Å². The first-order valence-electron chi connectivity index (χ1n) is 5.62. The quantitative estimate of drug-likeness (QED) is 0.845. The van der Waals surface area contributed by atoms with E-state index in [9.17, 15) is 4.79 Å². The molecule has 0 aliphatic carbocycles. The minimum atomic E-state index is 0.0693. The van der Waals surface area contributed by atoms with E-state index in [-0.39, 0.29) is 5.91 Å². The van der Waals surface area contributed by atoms with Crippen LogP contribution in [0.2, 0.25) is 0 Å². The number of hydrogen-bond donors (Lipinski definition) is 1. The Morgan fingerprint density at radius 3 is 2.81 bits per heavy atom. The highest BCUT2D eigenvalue weighted by Crippen LogP contribution is 2.18. The molecule has 0 spiro atoms. The van der Waals surface area contributed by atoms with Gasteiger partial charge in [0, 0.05) is 18.5 Å². The lowest BCUT2D eigenvalue weighted by Gasteiger charge is -2.30. The molecule has 0 unspecified atom stereocenters. The average molecular weight is 239 g/mol. The lowest BCUT2D eigenvalue weighted by Crippen LogP contribution is -2.40. The van der Waals surface area contributed by atoms with E-state index in [1.807, 2.05) is 17.2 Å². The summed E-state index contributed by atoms with van der Waals surface area (Å²) in [6, 6.07) is 0. The lowest BCUT2D eigenvalue weighted by molar-refractivity contribution is 0.0688. The van der Waals surface area contributed by atoms with E-state index in [4.69, 9.17) is 5.73 Å². The van der Waals surface area contributed by atoms with Crippen LogP contribution in [0.15, 0.2) is 5.38 Å². The van der Waals surface area contributed by atoms with E-state index in [0.717, 1.165) is 37.5 Å². The number of nitrogens with zero attached hydrogens (tertiary/aromatic N) is 2. The largest absolute Gasteiger partial charge is 0.337 e. The fraction of sp³-hybridized carbons (Fsp3) is 0.636. The van der Waals surface area contributed by atoms with Gasteiger partial charge in [-0.3, -0.25) is 4.79 Å². The number of thiazole rings is 1. The summed E-state index contributed by atoms with van der Waals surface area (Å²) < 4.78 is 0. The van der Waals surface area contributed by atoms with Crippen molar-refractivity contribution in [2.45, 2.75) is 19.8 Å². The number of carbonyl (C=O) groups is 1. The molecule has 88 valence electrons. The van der Waals surface area contributed by atoms with Crippen molar-refractivity contribution >= 4 is 17.2 Å². The van der Waals surface area contributed by atoms with Gasteiger partial charge < -0.3 is 10.6 Å². The Labute approximate surface area is 99.5 Å². The Morgan fingerprint density at radius 2 is 2.31 bits per heavy atom. The van der Waals surface area contributed by atoms with Crippen LogP contribution in [-0.4, -0.2) is 35.4 Å². The Hall–Kier alpha value is -0.940. The van der Waals surface area contributed by atoms with E-state index in [0.29, 0.717) is 11.6 Å². The van der Waals surface area contributed by atoms with E-state index in [1.165, 1.54) is 11.3 Å². The highest BCUT2D eigenvalue weighted by molar-refractivity contribution is 7.09. The summed E-state index contributed by atoms with van der Waals surface area (Å²) in [7, 11) is 0. The molecule has 16 heavy (non-hydrogen) atoms. The Bertz CT molecular complexity index is 369. The molecular formula is C11H17N3OS. The maximum absolute atomic E-state index is 12.0. The first-order chi connectivity index (χ1) is 7.70. The van der Waals surface area contributed by atoms with E-state index in [2.05, 4.69) is 4.98 Å². The summed E-state index contributed by atoms with van der Waals surface area (Å²) in [4.78, 5) is 18.2. The molecule has 2 rings (SSSR count). The molecule has 4 nitrogen and oxygen atoms in total. The number of amides is 1. The van der Waals surface area contributed by atoms with Gasteiger partial charge in [0.1, 0.15) is 5.69 Å². The molecule has 1 amide bonds. The Balaban J connectivity index is 1.96. The van der Waals surface area contributed by atoms with E-state index >= 15 is 0 Å². The predicted octanol–water partition coefficient (Wildman–Crippen LogP) is 1.26. The summed E-state index contributed by atoms with van der Waals surface area (Å²) in [6.07, 6.45) is 2.04. The molecule has 1 fully saturated rings. The second kappa shape index (κ2) is 4.93.